The van der Waals surface area contributed by atoms with Gasteiger partial charge in [0.25, 0.3) is 0 Å². The summed E-state index contributed by atoms with van der Waals surface area (Å²) in [6.07, 6.45) is 2.05. The highest BCUT2D eigenvalue weighted by Crippen LogP contribution is 2.39. The van der Waals surface area contributed by atoms with Crippen molar-refractivity contribution in [2.24, 2.45) is 7.05 Å². The number of hydrogen-bond acceptors (Lipinski definition) is 1. The van der Waals surface area contributed by atoms with E-state index in [2.05, 4.69) is 67.7 Å². The number of fused-ring (bicyclic) bond motifs is 3. The molecule has 3 heteroatoms. The summed E-state index contributed by atoms with van der Waals surface area (Å²) in [6.45, 7) is 13.8. The maximum absolute atomic E-state index is 7.38. The van der Waals surface area contributed by atoms with E-state index in [1.165, 1.54) is 11.1 Å². The van der Waals surface area contributed by atoms with Crippen molar-refractivity contribution < 1.29 is 8.98 Å². The number of aromatic nitrogens is 1. The summed E-state index contributed by atoms with van der Waals surface area (Å²) in [4.78, 5) is 3.61. The van der Waals surface area contributed by atoms with Crippen molar-refractivity contribution in [1.29, 1.82) is 0 Å². The fourth-order valence-corrected chi connectivity index (χ4v) is 3.68. The maximum atomic E-state index is 7.38. The van der Waals surface area contributed by atoms with E-state index in [-0.39, 0.29) is 0 Å². The van der Waals surface area contributed by atoms with Crippen molar-refractivity contribution in [3.8, 4) is 11.3 Å². The molecule has 0 aliphatic carbocycles. The van der Waals surface area contributed by atoms with Crippen LogP contribution in [0.5, 0.6) is 0 Å². The van der Waals surface area contributed by atoms with Crippen molar-refractivity contribution in [3.05, 3.63) is 71.2 Å². The summed E-state index contributed by atoms with van der Waals surface area (Å²) in [5.74, 6) is 0.326. The van der Waals surface area contributed by atoms with Crippen LogP contribution in [0.25, 0.3) is 38.0 Å². The van der Waals surface area contributed by atoms with Gasteiger partial charge in [0.15, 0.2) is 11.9 Å². The smallest absolute Gasteiger partial charge is 0.212 e. The van der Waals surface area contributed by atoms with E-state index in [9.17, 15) is 0 Å². The van der Waals surface area contributed by atoms with Gasteiger partial charge in [-0.3, -0.25) is 0 Å². The topological polar surface area (TPSA) is 21.4 Å². The van der Waals surface area contributed by atoms with Gasteiger partial charge in [0.2, 0.25) is 5.69 Å². The van der Waals surface area contributed by atoms with Crippen LogP contribution in [0.3, 0.4) is 0 Å². The molecule has 0 radical (unpaired) electrons. The molecule has 0 fully saturated rings. The van der Waals surface area contributed by atoms with Gasteiger partial charge in [-0.2, -0.15) is 0 Å². The van der Waals surface area contributed by atoms with Crippen LogP contribution in [0.4, 0.5) is 5.69 Å². The quantitative estimate of drug-likeness (QED) is 0.321. The van der Waals surface area contributed by atoms with Gasteiger partial charge in [-0.15, -0.1) is 0 Å². The van der Waals surface area contributed by atoms with E-state index in [0.717, 1.165) is 33.2 Å². The molecule has 2 heterocycles. The molecule has 4 rings (SSSR count). The molecule has 26 heavy (non-hydrogen) atoms. The van der Waals surface area contributed by atoms with Crippen molar-refractivity contribution in [1.82, 2.24) is 0 Å². The molecule has 4 aromatic rings. The van der Waals surface area contributed by atoms with E-state index >= 15 is 0 Å². The molecule has 3 nitrogen and oxygen atoms in total. The average Bonchev–Trinajstić information content (AvgIpc) is 2.97. The Morgan fingerprint density at radius 1 is 1.08 bits per heavy atom. The molecule has 0 bridgehead atoms. The van der Waals surface area contributed by atoms with Crippen LogP contribution in [0.15, 0.2) is 53.1 Å². The molecule has 2 aromatic carbocycles. The van der Waals surface area contributed by atoms with Crippen LogP contribution in [-0.4, -0.2) is 0 Å². The fourth-order valence-electron chi connectivity index (χ4n) is 3.68. The highest BCUT2D eigenvalue weighted by atomic mass is 16.3. The SMILES string of the molecule is [C-]#[N+]c1cc(C(C)C)c2c(c1)oc1cc(-c3cccc[n+]3C)c(C)cc12. The highest BCUT2D eigenvalue weighted by molar-refractivity contribution is 6.09. The van der Waals surface area contributed by atoms with Crippen molar-refractivity contribution in [2.75, 3.05) is 0 Å². The first-order valence-corrected chi connectivity index (χ1v) is 8.83. The fraction of sp³-hybridized carbons (Fsp3) is 0.217. The zero-order valence-corrected chi connectivity index (χ0v) is 15.5. The molecule has 0 atom stereocenters. The molecule has 0 saturated carbocycles. The predicted octanol–water partition coefficient (Wildman–Crippen LogP) is 6.06. The molecular formula is C23H21N2O+. The predicted molar refractivity (Wildman–Crippen MR) is 105 cm³/mol. The Kier molecular flexibility index (Phi) is 3.77. The van der Waals surface area contributed by atoms with Gasteiger partial charge in [-0.25, -0.2) is 9.41 Å². The van der Waals surface area contributed by atoms with Crippen LogP contribution >= 0.6 is 0 Å². The Morgan fingerprint density at radius 2 is 1.88 bits per heavy atom. The van der Waals surface area contributed by atoms with Gasteiger partial charge < -0.3 is 4.42 Å². The molecule has 128 valence electrons. The second kappa shape index (κ2) is 6.00. The van der Waals surface area contributed by atoms with E-state index < -0.39 is 0 Å². The number of furan rings is 1. The summed E-state index contributed by atoms with van der Waals surface area (Å²) in [5, 5.41) is 2.26. The highest BCUT2D eigenvalue weighted by Gasteiger charge is 2.19. The molecule has 0 aliphatic heterocycles. The molecule has 0 N–H and O–H groups in total. The van der Waals surface area contributed by atoms with Crippen LogP contribution in [0.2, 0.25) is 0 Å². The number of pyridine rings is 1. The minimum atomic E-state index is 0.326. The zero-order valence-electron chi connectivity index (χ0n) is 15.5. The van der Waals surface area contributed by atoms with Crippen LogP contribution in [-0.2, 0) is 7.05 Å². The molecule has 0 unspecified atom stereocenters. The molecular weight excluding hydrogens is 320 g/mol. The molecule has 0 saturated heterocycles. The summed E-state index contributed by atoms with van der Waals surface area (Å²) in [6, 6.07) is 14.4. The second-order valence-electron chi connectivity index (χ2n) is 7.14. The van der Waals surface area contributed by atoms with Gasteiger partial charge in [0.05, 0.1) is 12.1 Å². The molecule has 0 aliphatic rings. The van der Waals surface area contributed by atoms with E-state index in [0.29, 0.717) is 11.6 Å². The van der Waals surface area contributed by atoms with Gasteiger partial charge in [-0.1, -0.05) is 19.9 Å². The summed E-state index contributed by atoms with van der Waals surface area (Å²) < 4.78 is 8.31. The number of aryl methyl sites for hydroxylation is 2. The van der Waals surface area contributed by atoms with Crippen LogP contribution in [0.1, 0.15) is 30.9 Å². The van der Waals surface area contributed by atoms with Gasteiger partial charge in [-0.05, 0) is 48.2 Å². The third-order valence-corrected chi connectivity index (χ3v) is 5.02. The number of rotatable bonds is 2. The van der Waals surface area contributed by atoms with Gasteiger partial charge in [0.1, 0.15) is 18.2 Å². The van der Waals surface area contributed by atoms with Crippen molar-refractivity contribution >= 4 is 27.6 Å². The summed E-state index contributed by atoms with van der Waals surface area (Å²) in [5.41, 5.74) is 7.00. The van der Waals surface area contributed by atoms with Crippen molar-refractivity contribution in [2.45, 2.75) is 26.7 Å². The number of hydrogen-bond donors (Lipinski definition) is 0. The molecule has 2 aromatic heterocycles. The largest absolute Gasteiger partial charge is 0.457 e. The lowest BCUT2D eigenvalue weighted by molar-refractivity contribution is -0.660. The van der Waals surface area contributed by atoms with Crippen LogP contribution in [0, 0.1) is 13.5 Å². The normalized spacial score (nSPS) is 11.4. The van der Waals surface area contributed by atoms with E-state index in [1.807, 2.05) is 18.2 Å². The summed E-state index contributed by atoms with van der Waals surface area (Å²) in [7, 11) is 2.05. The first-order chi connectivity index (χ1) is 12.5. The lowest BCUT2D eigenvalue weighted by Gasteiger charge is -2.08. The van der Waals surface area contributed by atoms with Crippen molar-refractivity contribution in [3.63, 3.8) is 0 Å². The van der Waals surface area contributed by atoms with E-state index in [4.69, 9.17) is 11.0 Å². The molecule has 0 amide bonds. The number of nitrogens with zero attached hydrogens (tertiary/aromatic N) is 2. The monoisotopic (exact) mass is 341 g/mol. The minimum absolute atomic E-state index is 0.326. The third kappa shape index (κ3) is 2.46. The Bertz CT molecular complexity index is 1190. The Hall–Kier alpha value is -3.12. The average molecular weight is 341 g/mol. The second-order valence-corrected chi connectivity index (χ2v) is 7.14. The van der Waals surface area contributed by atoms with E-state index in [1.54, 1.807) is 0 Å². The first-order valence-electron chi connectivity index (χ1n) is 8.83. The standard InChI is InChI=1S/C23H21N2O/c1-14(2)17-11-16(24-4)12-22-23(17)19-10-15(3)18(13-21(19)26-22)20-8-6-7-9-25(20)5/h6-14H,1-3,5H3/q+1. The third-order valence-electron chi connectivity index (χ3n) is 5.02. The Labute approximate surface area is 153 Å². The summed E-state index contributed by atoms with van der Waals surface area (Å²) >= 11 is 0. The van der Waals surface area contributed by atoms with Crippen LogP contribution < -0.4 is 4.57 Å². The van der Waals surface area contributed by atoms with Gasteiger partial charge in [0, 0.05) is 22.9 Å². The minimum Gasteiger partial charge on any atom is -0.457 e. The Morgan fingerprint density at radius 3 is 2.58 bits per heavy atom. The Balaban J connectivity index is 2.07. The maximum Gasteiger partial charge on any atom is 0.212 e. The first kappa shape index (κ1) is 16.4. The number of benzene rings is 2. The lowest BCUT2D eigenvalue weighted by Crippen LogP contribution is -2.30. The van der Waals surface area contributed by atoms with Gasteiger partial charge >= 0.3 is 0 Å². The lowest BCUT2D eigenvalue weighted by atomic mass is 9.95. The zero-order chi connectivity index (χ0) is 18.4. The molecule has 0 spiro atoms.